The number of hydrogen-bond acceptors (Lipinski definition) is 1. The molecule has 1 unspecified atom stereocenters. The molecule has 0 aliphatic carbocycles. The van der Waals surface area contributed by atoms with Crippen LogP contribution in [0.2, 0.25) is 5.02 Å². The zero-order chi connectivity index (χ0) is 8.43. The van der Waals surface area contributed by atoms with Gasteiger partial charge in [0, 0.05) is 10.3 Å². The van der Waals surface area contributed by atoms with Gasteiger partial charge in [0.25, 0.3) is 0 Å². The molecular weight excluding hydrogens is 183 g/mol. The summed E-state index contributed by atoms with van der Waals surface area (Å²) in [6, 6.07) is 4.33. The fourth-order valence-corrected chi connectivity index (χ4v) is 1.47. The molecule has 0 nitrogen and oxygen atoms in total. The predicted octanol–water partition coefficient (Wildman–Crippen LogP) is 3.47. The number of thiol groups is 1. The molecule has 0 aromatic heterocycles. The van der Waals surface area contributed by atoms with Gasteiger partial charge in [-0.25, -0.2) is 4.39 Å². The Morgan fingerprint density at radius 1 is 1.55 bits per heavy atom. The average molecular weight is 191 g/mol. The third-order valence-corrected chi connectivity index (χ3v) is 2.02. The van der Waals surface area contributed by atoms with Gasteiger partial charge in [0.05, 0.1) is 0 Å². The minimum atomic E-state index is -0.312. The molecule has 0 fully saturated rings. The normalized spacial score (nSPS) is 13.1. The van der Waals surface area contributed by atoms with Gasteiger partial charge in [0.1, 0.15) is 5.82 Å². The summed E-state index contributed by atoms with van der Waals surface area (Å²) < 4.78 is 12.5. The molecule has 1 rings (SSSR count). The summed E-state index contributed by atoms with van der Waals surface area (Å²) in [4.78, 5) is 0. The van der Waals surface area contributed by atoms with Crippen LogP contribution in [0, 0.1) is 5.82 Å². The van der Waals surface area contributed by atoms with E-state index in [2.05, 4.69) is 12.6 Å². The molecule has 0 saturated carbocycles. The maximum absolute atomic E-state index is 12.5. The lowest BCUT2D eigenvalue weighted by molar-refractivity contribution is 0.627. The van der Waals surface area contributed by atoms with Crippen LogP contribution in [0.1, 0.15) is 17.7 Å². The monoisotopic (exact) mass is 190 g/mol. The quantitative estimate of drug-likeness (QED) is 0.645. The molecule has 60 valence electrons. The van der Waals surface area contributed by atoms with E-state index in [1.54, 1.807) is 6.07 Å². The van der Waals surface area contributed by atoms with Crippen molar-refractivity contribution in [3.8, 4) is 0 Å². The number of rotatable bonds is 1. The van der Waals surface area contributed by atoms with Crippen LogP contribution in [-0.4, -0.2) is 0 Å². The van der Waals surface area contributed by atoms with Crippen LogP contribution in [0.25, 0.3) is 0 Å². The molecule has 0 saturated heterocycles. The summed E-state index contributed by atoms with van der Waals surface area (Å²) in [5, 5.41) is 0.482. The van der Waals surface area contributed by atoms with Gasteiger partial charge in [-0.1, -0.05) is 17.7 Å². The molecule has 0 spiro atoms. The zero-order valence-electron chi connectivity index (χ0n) is 6.01. The van der Waals surface area contributed by atoms with Crippen molar-refractivity contribution in [3.05, 3.63) is 34.6 Å². The van der Waals surface area contributed by atoms with Crippen molar-refractivity contribution in [1.29, 1.82) is 0 Å². The fourth-order valence-electron chi connectivity index (χ4n) is 0.840. The van der Waals surface area contributed by atoms with Gasteiger partial charge >= 0.3 is 0 Å². The summed E-state index contributed by atoms with van der Waals surface area (Å²) in [7, 11) is 0. The highest BCUT2D eigenvalue weighted by atomic mass is 35.5. The topological polar surface area (TPSA) is 0 Å². The lowest BCUT2D eigenvalue weighted by atomic mass is 10.2. The van der Waals surface area contributed by atoms with Crippen molar-refractivity contribution in [2.75, 3.05) is 0 Å². The zero-order valence-corrected chi connectivity index (χ0v) is 7.66. The second-order valence-electron chi connectivity index (χ2n) is 2.34. The van der Waals surface area contributed by atoms with E-state index >= 15 is 0 Å². The maximum Gasteiger partial charge on any atom is 0.124 e. The fraction of sp³-hybridized carbons (Fsp3) is 0.250. The van der Waals surface area contributed by atoms with E-state index in [0.29, 0.717) is 5.02 Å². The second kappa shape index (κ2) is 3.46. The van der Waals surface area contributed by atoms with Gasteiger partial charge in [-0.2, -0.15) is 12.6 Å². The highest BCUT2D eigenvalue weighted by Gasteiger charge is 2.05. The lowest BCUT2D eigenvalue weighted by Crippen LogP contribution is -1.86. The number of benzene rings is 1. The summed E-state index contributed by atoms with van der Waals surface area (Å²) >= 11 is 9.92. The Morgan fingerprint density at radius 2 is 2.18 bits per heavy atom. The van der Waals surface area contributed by atoms with Crippen molar-refractivity contribution in [2.45, 2.75) is 12.2 Å². The molecule has 0 radical (unpaired) electrons. The predicted molar refractivity (Wildman–Crippen MR) is 48.8 cm³/mol. The van der Waals surface area contributed by atoms with Crippen molar-refractivity contribution >= 4 is 24.2 Å². The molecule has 3 heteroatoms. The Hall–Kier alpha value is -0.210. The van der Waals surface area contributed by atoms with Crippen LogP contribution >= 0.6 is 24.2 Å². The van der Waals surface area contributed by atoms with Crippen LogP contribution in [0.4, 0.5) is 4.39 Å². The van der Waals surface area contributed by atoms with Crippen LogP contribution in [0.15, 0.2) is 18.2 Å². The highest BCUT2D eigenvalue weighted by Crippen LogP contribution is 2.27. The van der Waals surface area contributed by atoms with E-state index in [4.69, 9.17) is 11.6 Å². The summed E-state index contributed by atoms with van der Waals surface area (Å²) in [5.74, 6) is -0.312. The Bertz CT molecular complexity index is 260. The summed E-state index contributed by atoms with van der Waals surface area (Å²) in [5.41, 5.74) is 0.858. The van der Waals surface area contributed by atoms with E-state index in [1.807, 2.05) is 6.92 Å². The number of halogens is 2. The van der Waals surface area contributed by atoms with Crippen LogP contribution < -0.4 is 0 Å². The third-order valence-electron chi connectivity index (χ3n) is 1.41. The molecule has 0 aliphatic rings. The Morgan fingerprint density at radius 3 is 2.64 bits per heavy atom. The molecular formula is C8H8ClFS. The SMILES string of the molecule is CC(S)c1ccc(F)cc1Cl. The smallest absolute Gasteiger partial charge is 0.124 e. The molecule has 0 N–H and O–H groups in total. The molecule has 0 bridgehead atoms. The van der Waals surface area contributed by atoms with Crippen LogP contribution in [0.5, 0.6) is 0 Å². The standard InChI is InChI=1S/C8H8ClFS/c1-5(11)7-3-2-6(10)4-8(7)9/h2-5,11H,1H3. The van der Waals surface area contributed by atoms with Gasteiger partial charge in [-0.05, 0) is 24.6 Å². The van der Waals surface area contributed by atoms with E-state index in [1.165, 1.54) is 12.1 Å². The Balaban J connectivity index is 3.09. The lowest BCUT2D eigenvalue weighted by Gasteiger charge is -2.05. The van der Waals surface area contributed by atoms with E-state index < -0.39 is 0 Å². The van der Waals surface area contributed by atoms with Crippen molar-refractivity contribution in [1.82, 2.24) is 0 Å². The third kappa shape index (κ3) is 2.11. The largest absolute Gasteiger partial charge is 0.207 e. The minimum absolute atomic E-state index is 0.0445. The first-order valence-corrected chi connectivity index (χ1v) is 4.13. The number of hydrogen-bond donors (Lipinski definition) is 1. The van der Waals surface area contributed by atoms with Crippen LogP contribution in [0.3, 0.4) is 0 Å². The van der Waals surface area contributed by atoms with Crippen LogP contribution in [-0.2, 0) is 0 Å². The van der Waals surface area contributed by atoms with E-state index in [9.17, 15) is 4.39 Å². The Labute approximate surface area is 75.8 Å². The average Bonchev–Trinajstić information content (AvgIpc) is 1.85. The minimum Gasteiger partial charge on any atom is -0.207 e. The van der Waals surface area contributed by atoms with Gasteiger partial charge in [0.2, 0.25) is 0 Å². The van der Waals surface area contributed by atoms with Crippen molar-refractivity contribution in [2.24, 2.45) is 0 Å². The first-order chi connectivity index (χ1) is 5.11. The van der Waals surface area contributed by atoms with E-state index in [0.717, 1.165) is 5.56 Å². The highest BCUT2D eigenvalue weighted by molar-refractivity contribution is 7.80. The summed E-state index contributed by atoms with van der Waals surface area (Å²) in [6.45, 7) is 1.89. The first-order valence-electron chi connectivity index (χ1n) is 3.24. The van der Waals surface area contributed by atoms with Gasteiger partial charge < -0.3 is 0 Å². The molecule has 11 heavy (non-hydrogen) atoms. The van der Waals surface area contributed by atoms with Gasteiger partial charge in [-0.15, -0.1) is 0 Å². The van der Waals surface area contributed by atoms with Gasteiger partial charge in [-0.3, -0.25) is 0 Å². The van der Waals surface area contributed by atoms with Crippen molar-refractivity contribution in [3.63, 3.8) is 0 Å². The van der Waals surface area contributed by atoms with Gasteiger partial charge in [0.15, 0.2) is 0 Å². The molecule has 0 heterocycles. The molecule has 0 amide bonds. The Kier molecular flexibility index (Phi) is 2.79. The molecule has 1 aromatic rings. The van der Waals surface area contributed by atoms with E-state index in [-0.39, 0.29) is 11.1 Å². The second-order valence-corrected chi connectivity index (χ2v) is 3.52. The molecule has 1 atom stereocenters. The molecule has 0 aliphatic heterocycles. The molecule has 1 aromatic carbocycles. The first kappa shape index (κ1) is 8.88. The van der Waals surface area contributed by atoms with Crippen molar-refractivity contribution < 1.29 is 4.39 Å². The maximum atomic E-state index is 12.5. The summed E-state index contributed by atoms with van der Waals surface area (Å²) in [6.07, 6.45) is 0.